The predicted molar refractivity (Wildman–Crippen MR) is 60.7 cm³/mol. The molecule has 0 amide bonds. The van der Waals surface area contributed by atoms with E-state index in [4.69, 9.17) is 15.0 Å². The van der Waals surface area contributed by atoms with Gasteiger partial charge in [-0.2, -0.15) is 0 Å². The second-order valence-corrected chi connectivity index (χ2v) is 4.25. The molecule has 1 aliphatic rings. The number of aliphatic hydroxyl groups is 1. The van der Waals surface area contributed by atoms with Crippen LogP contribution in [0.3, 0.4) is 0 Å². The first-order chi connectivity index (χ1) is 6.97. The Morgan fingerprint density at radius 2 is 1.67 bits per heavy atom. The Bertz CT molecular complexity index is 213. The molecule has 0 radical (unpaired) electrons. The van der Waals surface area contributed by atoms with Crippen LogP contribution in [0.15, 0.2) is 11.1 Å². The van der Waals surface area contributed by atoms with Crippen LogP contribution in [-0.2, 0) is 4.79 Å². The summed E-state index contributed by atoms with van der Waals surface area (Å²) in [5.74, 6) is -0.252. The minimum atomic E-state index is -0.833. The average molecular weight is 214 g/mol. The van der Waals surface area contributed by atoms with E-state index < -0.39 is 5.97 Å². The molecule has 0 saturated heterocycles. The lowest BCUT2D eigenvalue weighted by Crippen LogP contribution is -2.12. The summed E-state index contributed by atoms with van der Waals surface area (Å²) in [5.41, 5.74) is 3.11. The third-order valence-electron chi connectivity index (χ3n) is 2.67. The molecular formula is C12H22O3. The zero-order valence-corrected chi connectivity index (χ0v) is 9.92. The highest BCUT2D eigenvalue weighted by molar-refractivity contribution is 5.62. The number of carboxylic acid groups (broad SMARTS) is 1. The van der Waals surface area contributed by atoms with Gasteiger partial charge in [-0.25, -0.2) is 0 Å². The van der Waals surface area contributed by atoms with E-state index >= 15 is 0 Å². The Balaban J connectivity index is 0.000000423. The smallest absolute Gasteiger partial charge is 0.300 e. The first-order valence-electron chi connectivity index (χ1n) is 5.43. The molecule has 0 atom stereocenters. The molecule has 3 nitrogen and oxygen atoms in total. The van der Waals surface area contributed by atoms with Crippen LogP contribution in [0.4, 0.5) is 0 Å². The Kier molecular flexibility index (Phi) is 7.05. The lowest BCUT2D eigenvalue weighted by Gasteiger charge is -2.22. The lowest BCUT2D eigenvalue weighted by molar-refractivity contribution is -0.134. The highest BCUT2D eigenvalue weighted by atomic mass is 16.4. The number of hydrogen-bond acceptors (Lipinski definition) is 2. The number of aliphatic hydroxyl groups excluding tert-OH is 1. The quantitative estimate of drug-likeness (QED) is 0.660. The molecule has 3 heteroatoms. The maximum Gasteiger partial charge on any atom is 0.300 e. The Hall–Kier alpha value is -0.830. The minimum Gasteiger partial charge on any atom is -0.481 e. The summed E-state index contributed by atoms with van der Waals surface area (Å²) in [6.07, 6.45) is 4.81. The molecule has 0 spiro atoms. The normalized spacial score (nSPS) is 20.3. The second-order valence-electron chi connectivity index (χ2n) is 4.25. The van der Waals surface area contributed by atoms with Crippen LogP contribution in [0.25, 0.3) is 0 Å². The van der Waals surface area contributed by atoms with Crippen LogP contribution >= 0.6 is 0 Å². The van der Waals surface area contributed by atoms with Gasteiger partial charge >= 0.3 is 0 Å². The van der Waals surface area contributed by atoms with E-state index in [0.29, 0.717) is 12.5 Å². The monoisotopic (exact) mass is 214 g/mol. The van der Waals surface area contributed by atoms with Gasteiger partial charge in [-0.15, -0.1) is 0 Å². The van der Waals surface area contributed by atoms with Gasteiger partial charge < -0.3 is 10.2 Å². The molecule has 0 unspecified atom stereocenters. The van der Waals surface area contributed by atoms with Crippen molar-refractivity contribution in [3.63, 3.8) is 0 Å². The van der Waals surface area contributed by atoms with Crippen molar-refractivity contribution in [2.75, 3.05) is 6.61 Å². The number of carboxylic acids is 1. The van der Waals surface area contributed by atoms with Gasteiger partial charge in [0.2, 0.25) is 0 Å². The number of hydrogen-bond donors (Lipinski definition) is 2. The molecule has 0 aliphatic heterocycles. The predicted octanol–water partition coefficient (Wildman–Crippen LogP) is 2.60. The number of carbonyl (C=O) groups is 1. The molecule has 1 saturated carbocycles. The van der Waals surface area contributed by atoms with E-state index in [9.17, 15) is 0 Å². The molecule has 0 aromatic heterocycles. The standard InChI is InChI=1S/C10H18O.C2H4O2/c1-8(2)10-5-3-9(7-11)4-6-10;1-2(3)4/h9,11H,3-7H2,1-2H3;1H3,(H,3,4). The van der Waals surface area contributed by atoms with Crippen molar-refractivity contribution in [2.45, 2.75) is 46.5 Å². The van der Waals surface area contributed by atoms with Crippen LogP contribution in [0, 0.1) is 5.92 Å². The van der Waals surface area contributed by atoms with Gasteiger partial charge in [0.15, 0.2) is 0 Å². The first kappa shape index (κ1) is 14.2. The summed E-state index contributed by atoms with van der Waals surface area (Å²) >= 11 is 0. The van der Waals surface area contributed by atoms with Crippen LogP contribution < -0.4 is 0 Å². The van der Waals surface area contributed by atoms with E-state index in [1.807, 2.05) is 0 Å². The Labute approximate surface area is 91.8 Å². The number of aliphatic carboxylic acids is 1. The van der Waals surface area contributed by atoms with Crippen molar-refractivity contribution in [2.24, 2.45) is 5.92 Å². The second kappa shape index (κ2) is 7.46. The Morgan fingerprint density at radius 1 is 1.27 bits per heavy atom. The molecule has 0 aromatic carbocycles. The summed E-state index contributed by atoms with van der Waals surface area (Å²) < 4.78 is 0. The first-order valence-corrected chi connectivity index (χ1v) is 5.43. The molecule has 2 N–H and O–H groups in total. The maximum absolute atomic E-state index is 9.00. The molecule has 0 heterocycles. The maximum atomic E-state index is 9.00. The lowest BCUT2D eigenvalue weighted by atomic mass is 9.85. The van der Waals surface area contributed by atoms with Crippen molar-refractivity contribution in [1.82, 2.24) is 0 Å². The van der Waals surface area contributed by atoms with E-state index in [1.54, 1.807) is 5.57 Å². The molecule has 1 rings (SSSR count). The molecule has 0 bridgehead atoms. The van der Waals surface area contributed by atoms with Crippen LogP contribution in [0.5, 0.6) is 0 Å². The number of allylic oxidation sites excluding steroid dienone is 2. The van der Waals surface area contributed by atoms with Gasteiger partial charge in [0, 0.05) is 13.5 Å². The van der Waals surface area contributed by atoms with E-state index in [1.165, 1.54) is 31.3 Å². The molecule has 1 aliphatic carbocycles. The third kappa shape index (κ3) is 7.14. The number of rotatable bonds is 1. The molecule has 1 fully saturated rings. The van der Waals surface area contributed by atoms with Crippen LogP contribution in [-0.4, -0.2) is 22.8 Å². The largest absolute Gasteiger partial charge is 0.481 e. The van der Waals surface area contributed by atoms with Gasteiger partial charge in [0.05, 0.1) is 0 Å². The SMILES string of the molecule is CC(=O)O.CC(C)=C1CCC(CO)CC1. The summed E-state index contributed by atoms with van der Waals surface area (Å²) in [6, 6.07) is 0. The van der Waals surface area contributed by atoms with Gasteiger partial charge in [-0.1, -0.05) is 11.1 Å². The topological polar surface area (TPSA) is 57.5 Å². The zero-order chi connectivity index (χ0) is 11.8. The summed E-state index contributed by atoms with van der Waals surface area (Å²) in [6.45, 7) is 5.85. The highest BCUT2D eigenvalue weighted by Crippen LogP contribution is 2.29. The van der Waals surface area contributed by atoms with E-state index in [2.05, 4.69) is 13.8 Å². The highest BCUT2D eigenvalue weighted by Gasteiger charge is 2.15. The minimum absolute atomic E-state index is 0.385. The summed E-state index contributed by atoms with van der Waals surface area (Å²) in [5, 5.41) is 16.3. The van der Waals surface area contributed by atoms with Crippen molar-refractivity contribution < 1.29 is 15.0 Å². The van der Waals surface area contributed by atoms with Gasteiger partial charge in [0.1, 0.15) is 0 Å². The van der Waals surface area contributed by atoms with Crippen molar-refractivity contribution in [1.29, 1.82) is 0 Å². The molecule has 15 heavy (non-hydrogen) atoms. The van der Waals surface area contributed by atoms with Gasteiger partial charge in [-0.05, 0) is 45.4 Å². The fourth-order valence-corrected chi connectivity index (χ4v) is 1.71. The van der Waals surface area contributed by atoms with Gasteiger partial charge in [-0.3, -0.25) is 4.79 Å². The van der Waals surface area contributed by atoms with E-state index in [-0.39, 0.29) is 0 Å². The fraction of sp³-hybridized carbons (Fsp3) is 0.750. The van der Waals surface area contributed by atoms with Crippen molar-refractivity contribution in [3.8, 4) is 0 Å². The van der Waals surface area contributed by atoms with Crippen LogP contribution in [0.1, 0.15) is 46.5 Å². The average Bonchev–Trinajstić information content (AvgIpc) is 2.17. The summed E-state index contributed by atoms with van der Waals surface area (Å²) in [7, 11) is 0. The zero-order valence-electron chi connectivity index (χ0n) is 9.92. The third-order valence-corrected chi connectivity index (χ3v) is 2.67. The van der Waals surface area contributed by atoms with Crippen molar-refractivity contribution >= 4 is 5.97 Å². The fourth-order valence-electron chi connectivity index (χ4n) is 1.71. The molecule has 0 aromatic rings. The van der Waals surface area contributed by atoms with Crippen molar-refractivity contribution in [3.05, 3.63) is 11.1 Å². The molecular weight excluding hydrogens is 192 g/mol. The Morgan fingerprint density at radius 3 is 1.93 bits per heavy atom. The summed E-state index contributed by atoms with van der Waals surface area (Å²) in [4.78, 5) is 9.00. The van der Waals surface area contributed by atoms with E-state index in [0.717, 1.165) is 6.92 Å². The van der Waals surface area contributed by atoms with Crippen LogP contribution in [0.2, 0.25) is 0 Å². The van der Waals surface area contributed by atoms with Gasteiger partial charge in [0.25, 0.3) is 5.97 Å². The molecule has 88 valence electrons.